The Morgan fingerprint density at radius 2 is 1.62 bits per heavy atom. The molecule has 0 unspecified atom stereocenters. The lowest BCUT2D eigenvalue weighted by Gasteiger charge is -2.18. The standard InChI is InChI=1S/C12H22O/c1-6-8-11(2,3)9-7-10-12(4,5)13/h6-8,10,13H,9H2,1-5H3/b8-6-,10-7+. The summed E-state index contributed by atoms with van der Waals surface area (Å²) in [5, 5.41) is 9.44. The van der Waals surface area contributed by atoms with Crippen molar-refractivity contribution in [2.75, 3.05) is 0 Å². The third-order valence-corrected chi connectivity index (χ3v) is 1.79. The molecule has 0 aliphatic rings. The number of hydrogen-bond acceptors (Lipinski definition) is 1. The Bertz CT molecular complexity index is 192. The van der Waals surface area contributed by atoms with Crippen LogP contribution in [-0.4, -0.2) is 10.7 Å². The summed E-state index contributed by atoms with van der Waals surface area (Å²) in [6.07, 6.45) is 9.10. The third kappa shape index (κ3) is 7.79. The highest BCUT2D eigenvalue weighted by atomic mass is 16.3. The van der Waals surface area contributed by atoms with Crippen LogP contribution < -0.4 is 0 Å². The Morgan fingerprint density at radius 3 is 2.00 bits per heavy atom. The Morgan fingerprint density at radius 1 is 1.08 bits per heavy atom. The molecule has 76 valence electrons. The van der Waals surface area contributed by atoms with E-state index in [2.05, 4.69) is 26.0 Å². The van der Waals surface area contributed by atoms with Gasteiger partial charge in [0.05, 0.1) is 5.60 Å². The van der Waals surface area contributed by atoms with E-state index in [4.69, 9.17) is 0 Å². The molecule has 0 bridgehead atoms. The van der Waals surface area contributed by atoms with E-state index in [-0.39, 0.29) is 5.41 Å². The van der Waals surface area contributed by atoms with Crippen molar-refractivity contribution in [1.82, 2.24) is 0 Å². The fourth-order valence-electron chi connectivity index (χ4n) is 1.17. The summed E-state index contributed by atoms with van der Waals surface area (Å²) in [5.74, 6) is 0. The van der Waals surface area contributed by atoms with Crippen LogP contribution in [0.1, 0.15) is 41.0 Å². The molecule has 0 fully saturated rings. The van der Waals surface area contributed by atoms with Gasteiger partial charge in [0, 0.05) is 0 Å². The molecule has 0 saturated heterocycles. The van der Waals surface area contributed by atoms with Crippen LogP contribution in [0.5, 0.6) is 0 Å². The second-order valence-corrected chi connectivity index (χ2v) is 4.75. The molecule has 0 aromatic heterocycles. The molecular weight excluding hydrogens is 160 g/mol. The van der Waals surface area contributed by atoms with Crippen molar-refractivity contribution in [3.63, 3.8) is 0 Å². The molecule has 0 aliphatic heterocycles. The first kappa shape index (κ1) is 12.4. The zero-order valence-corrected chi connectivity index (χ0v) is 9.46. The smallest absolute Gasteiger partial charge is 0.0771 e. The van der Waals surface area contributed by atoms with Crippen LogP contribution in [0, 0.1) is 5.41 Å². The van der Waals surface area contributed by atoms with Crippen molar-refractivity contribution in [3.8, 4) is 0 Å². The van der Waals surface area contributed by atoms with Gasteiger partial charge in [-0.05, 0) is 32.6 Å². The maximum Gasteiger partial charge on any atom is 0.0771 e. The Hall–Kier alpha value is -0.560. The largest absolute Gasteiger partial charge is 0.386 e. The van der Waals surface area contributed by atoms with Crippen LogP contribution >= 0.6 is 0 Å². The van der Waals surface area contributed by atoms with Crippen LogP contribution in [0.3, 0.4) is 0 Å². The summed E-state index contributed by atoms with van der Waals surface area (Å²) in [5.41, 5.74) is -0.498. The zero-order chi connectivity index (χ0) is 10.5. The summed E-state index contributed by atoms with van der Waals surface area (Å²) in [6, 6.07) is 0. The van der Waals surface area contributed by atoms with E-state index < -0.39 is 5.60 Å². The van der Waals surface area contributed by atoms with Gasteiger partial charge in [-0.15, -0.1) is 0 Å². The quantitative estimate of drug-likeness (QED) is 0.661. The molecule has 0 spiro atoms. The van der Waals surface area contributed by atoms with Gasteiger partial charge in [-0.25, -0.2) is 0 Å². The van der Waals surface area contributed by atoms with E-state index in [9.17, 15) is 5.11 Å². The van der Waals surface area contributed by atoms with Crippen molar-refractivity contribution >= 4 is 0 Å². The predicted octanol–water partition coefficient (Wildman–Crippen LogP) is 3.31. The monoisotopic (exact) mass is 182 g/mol. The lowest BCUT2D eigenvalue weighted by molar-refractivity contribution is 0.132. The molecule has 0 radical (unpaired) electrons. The number of hydrogen-bond donors (Lipinski definition) is 1. The summed E-state index contributed by atoms with van der Waals surface area (Å²) in [7, 11) is 0. The SMILES string of the molecule is C/C=C\C(C)(C)C/C=C/C(C)(C)O. The highest BCUT2D eigenvalue weighted by molar-refractivity contribution is 5.02. The van der Waals surface area contributed by atoms with Crippen LogP contribution in [0.15, 0.2) is 24.3 Å². The molecule has 0 rings (SSSR count). The Labute approximate surface area is 82.2 Å². The number of aliphatic hydroxyl groups is 1. The first-order chi connectivity index (χ1) is 5.77. The second kappa shape index (κ2) is 4.61. The van der Waals surface area contributed by atoms with Crippen molar-refractivity contribution in [2.24, 2.45) is 5.41 Å². The summed E-state index contributed by atoms with van der Waals surface area (Å²) >= 11 is 0. The van der Waals surface area contributed by atoms with Crippen LogP contribution in [-0.2, 0) is 0 Å². The molecule has 0 aromatic carbocycles. The van der Waals surface area contributed by atoms with Gasteiger partial charge in [0.25, 0.3) is 0 Å². The first-order valence-corrected chi connectivity index (χ1v) is 4.81. The lowest BCUT2D eigenvalue weighted by Crippen LogP contribution is -2.14. The minimum absolute atomic E-state index is 0.191. The van der Waals surface area contributed by atoms with E-state index in [0.717, 1.165) is 6.42 Å². The maximum atomic E-state index is 9.44. The third-order valence-electron chi connectivity index (χ3n) is 1.79. The Balaban J connectivity index is 4.09. The van der Waals surface area contributed by atoms with Crippen LogP contribution in [0.2, 0.25) is 0 Å². The molecule has 0 aromatic rings. The average Bonchev–Trinajstić information content (AvgIpc) is 1.82. The van der Waals surface area contributed by atoms with Gasteiger partial charge < -0.3 is 5.11 Å². The highest BCUT2D eigenvalue weighted by Gasteiger charge is 2.12. The Kier molecular flexibility index (Phi) is 4.41. The first-order valence-electron chi connectivity index (χ1n) is 4.81. The van der Waals surface area contributed by atoms with E-state index in [1.807, 2.05) is 19.1 Å². The molecule has 0 saturated carbocycles. The fourth-order valence-corrected chi connectivity index (χ4v) is 1.17. The molecule has 0 atom stereocenters. The van der Waals surface area contributed by atoms with E-state index in [0.29, 0.717) is 0 Å². The van der Waals surface area contributed by atoms with Gasteiger partial charge in [-0.1, -0.05) is 38.2 Å². The summed E-state index contributed by atoms with van der Waals surface area (Å²) in [4.78, 5) is 0. The molecule has 1 nitrogen and oxygen atoms in total. The summed E-state index contributed by atoms with van der Waals surface area (Å²) < 4.78 is 0. The fraction of sp³-hybridized carbons (Fsp3) is 0.667. The van der Waals surface area contributed by atoms with Crippen molar-refractivity contribution in [1.29, 1.82) is 0 Å². The normalized spacial score (nSPS) is 14.6. The zero-order valence-electron chi connectivity index (χ0n) is 9.46. The van der Waals surface area contributed by atoms with Crippen molar-refractivity contribution in [2.45, 2.75) is 46.6 Å². The predicted molar refractivity (Wildman–Crippen MR) is 58.6 cm³/mol. The van der Waals surface area contributed by atoms with Crippen LogP contribution in [0.4, 0.5) is 0 Å². The van der Waals surface area contributed by atoms with E-state index in [1.54, 1.807) is 13.8 Å². The maximum absolute atomic E-state index is 9.44. The average molecular weight is 182 g/mol. The number of rotatable bonds is 4. The van der Waals surface area contributed by atoms with Gasteiger partial charge in [-0.2, -0.15) is 0 Å². The minimum atomic E-state index is -0.688. The molecule has 0 aliphatic carbocycles. The molecule has 0 heterocycles. The molecule has 1 N–H and O–H groups in total. The van der Waals surface area contributed by atoms with E-state index >= 15 is 0 Å². The van der Waals surface area contributed by atoms with Gasteiger partial charge >= 0.3 is 0 Å². The summed E-state index contributed by atoms with van der Waals surface area (Å²) in [6.45, 7) is 9.96. The topological polar surface area (TPSA) is 20.2 Å². The molecule has 13 heavy (non-hydrogen) atoms. The van der Waals surface area contributed by atoms with E-state index in [1.165, 1.54) is 0 Å². The lowest BCUT2D eigenvalue weighted by atomic mass is 9.88. The van der Waals surface area contributed by atoms with Gasteiger partial charge in [-0.3, -0.25) is 0 Å². The number of allylic oxidation sites excluding steroid dienone is 3. The van der Waals surface area contributed by atoms with Gasteiger partial charge in [0.1, 0.15) is 0 Å². The van der Waals surface area contributed by atoms with Gasteiger partial charge in [0.15, 0.2) is 0 Å². The molecule has 1 heteroatoms. The minimum Gasteiger partial charge on any atom is -0.386 e. The van der Waals surface area contributed by atoms with Crippen molar-refractivity contribution in [3.05, 3.63) is 24.3 Å². The van der Waals surface area contributed by atoms with Crippen LogP contribution in [0.25, 0.3) is 0 Å². The highest BCUT2D eigenvalue weighted by Crippen LogP contribution is 2.23. The second-order valence-electron chi connectivity index (χ2n) is 4.75. The van der Waals surface area contributed by atoms with Gasteiger partial charge in [0.2, 0.25) is 0 Å². The van der Waals surface area contributed by atoms with Crippen molar-refractivity contribution < 1.29 is 5.11 Å². The molecular formula is C12H22O. The molecule has 0 amide bonds.